The van der Waals surface area contributed by atoms with Crippen LogP contribution in [0.1, 0.15) is 12.8 Å². The molecular formula is C9H10F4N2OS. The highest BCUT2D eigenvalue weighted by Crippen LogP contribution is 2.33. The lowest BCUT2D eigenvalue weighted by Crippen LogP contribution is -2.33. The summed E-state index contributed by atoms with van der Waals surface area (Å²) in [6.45, 7) is 0. The van der Waals surface area contributed by atoms with Gasteiger partial charge in [-0.3, -0.25) is 4.74 Å². The van der Waals surface area contributed by atoms with Crippen molar-refractivity contribution < 1.29 is 22.3 Å². The summed E-state index contributed by atoms with van der Waals surface area (Å²) in [7, 11) is 0. The van der Waals surface area contributed by atoms with Gasteiger partial charge in [-0.25, -0.2) is 9.92 Å². The number of halogens is 4. The van der Waals surface area contributed by atoms with Crippen LogP contribution in [0.4, 0.5) is 17.6 Å². The Labute approximate surface area is 100 Å². The molecule has 3 unspecified atom stereocenters. The van der Waals surface area contributed by atoms with Gasteiger partial charge < -0.3 is 0 Å². The number of alkyl halides is 3. The van der Waals surface area contributed by atoms with Crippen LogP contribution in [0, 0.1) is 11.4 Å². The quantitative estimate of drug-likeness (QED) is 0.482. The van der Waals surface area contributed by atoms with E-state index in [0.29, 0.717) is 0 Å². The van der Waals surface area contributed by atoms with E-state index >= 15 is 0 Å². The van der Waals surface area contributed by atoms with E-state index in [1.165, 1.54) is 5.37 Å². The summed E-state index contributed by atoms with van der Waals surface area (Å²) in [5.41, 5.74) is 6.84. The SMILES string of the molecule is N=NC(C=S)C1CC=C(F)C(OC(F)(F)F)C1. The van der Waals surface area contributed by atoms with Crippen LogP contribution in [0.2, 0.25) is 0 Å². The Kier molecular flexibility index (Phi) is 4.70. The van der Waals surface area contributed by atoms with E-state index in [4.69, 9.17) is 5.53 Å². The van der Waals surface area contributed by atoms with Gasteiger partial charge in [0, 0.05) is 5.37 Å². The fourth-order valence-electron chi connectivity index (χ4n) is 1.67. The van der Waals surface area contributed by atoms with Crippen molar-refractivity contribution >= 4 is 17.6 Å². The summed E-state index contributed by atoms with van der Waals surface area (Å²) in [6.07, 6.45) is -5.51. The monoisotopic (exact) mass is 270 g/mol. The molecule has 3 atom stereocenters. The van der Waals surface area contributed by atoms with Crippen molar-refractivity contribution in [3.63, 3.8) is 0 Å². The molecule has 3 nitrogen and oxygen atoms in total. The number of hydrogen-bond donors (Lipinski definition) is 1. The first-order chi connectivity index (χ1) is 7.87. The molecule has 0 amide bonds. The van der Waals surface area contributed by atoms with E-state index in [0.717, 1.165) is 6.08 Å². The van der Waals surface area contributed by atoms with Crippen LogP contribution in [-0.2, 0) is 4.74 Å². The molecule has 1 aliphatic rings. The largest absolute Gasteiger partial charge is 0.523 e. The van der Waals surface area contributed by atoms with Gasteiger partial charge in [0.15, 0.2) is 0 Å². The zero-order chi connectivity index (χ0) is 13.1. The number of nitrogens with zero attached hydrogens (tertiary/aromatic N) is 1. The van der Waals surface area contributed by atoms with Crippen molar-refractivity contribution in [3.8, 4) is 0 Å². The summed E-state index contributed by atoms with van der Waals surface area (Å²) in [6, 6.07) is -0.686. The van der Waals surface area contributed by atoms with Crippen LogP contribution in [-0.4, -0.2) is 23.9 Å². The molecular weight excluding hydrogens is 260 g/mol. The molecule has 0 heterocycles. The molecule has 1 aliphatic carbocycles. The molecule has 17 heavy (non-hydrogen) atoms. The summed E-state index contributed by atoms with van der Waals surface area (Å²) < 4.78 is 52.8. The molecule has 0 aromatic carbocycles. The summed E-state index contributed by atoms with van der Waals surface area (Å²) in [5, 5.41) is 4.38. The Morgan fingerprint density at radius 2 is 2.24 bits per heavy atom. The third kappa shape index (κ3) is 4.12. The fourth-order valence-corrected chi connectivity index (χ4v) is 1.95. The normalized spacial score (nSPS) is 27.2. The van der Waals surface area contributed by atoms with Crippen LogP contribution >= 0.6 is 12.2 Å². The zero-order valence-electron chi connectivity index (χ0n) is 8.58. The van der Waals surface area contributed by atoms with Gasteiger partial charge in [0.2, 0.25) is 0 Å². The van der Waals surface area contributed by atoms with E-state index in [-0.39, 0.29) is 12.8 Å². The van der Waals surface area contributed by atoms with Gasteiger partial charge in [0.05, 0.1) is 0 Å². The van der Waals surface area contributed by atoms with Crippen molar-refractivity contribution in [2.45, 2.75) is 31.3 Å². The van der Waals surface area contributed by atoms with E-state index in [9.17, 15) is 17.6 Å². The second-order valence-corrected chi connectivity index (χ2v) is 3.90. The predicted octanol–water partition coefficient (Wildman–Crippen LogP) is 3.55. The highest BCUT2D eigenvalue weighted by molar-refractivity contribution is 7.79. The van der Waals surface area contributed by atoms with Gasteiger partial charge in [0.25, 0.3) is 0 Å². The third-order valence-corrected chi connectivity index (χ3v) is 2.77. The number of rotatable bonds is 4. The number of allylic oxidation sites excluding steroid dienone is 1. The minimum Gasteiger partial charge on any atom is -0.281 e. The molecule has 0 saturated carbocycles. The maximum absolute atomic E-state index is 13.1. The molecule has 0 bridgehead atoms. The van der Waals surface area contributed by atoms with E-state index < -0.39 is 30.3 Å². The van der Waals surface area contributed by atoms with Crippen molar-refractivity contribution in [2.24, 2.45) is 11.0 Å². The van der Waals surface area contributed by atoms with Crippen LogP contribution in [0.3, 0.4) is 0 Å². The Bertz CT molecular complexity index is 323. The van der Waals surface area contributed by atoms with Gasteiger partial charge in [0.1, 0.15) is 18.0 Å². The lowest BCUT2D eigenvalue weighted by Gasteiger charge is -2.28. The number of ether oxygens (including phenoxy) is 1. The molecule has 1 rings (SSSR count). The maximum Gasteiger partial charge on any atom is 0.523 e. The third-order valence-electron chi connectivity index (χ3n) is 2.49. The standard InChI is InChI=1S/C9H10F4N2OS/c10-6-2-1-5(7(4-17)15-14)3-8(6)16-9(11,12)13/h2,4-5,7-8,14H,1,3H2. The maximum atomic E-state index is 13.1. The number of nitrogens with one attached hydrogen (secondary N) is 1. The van der Waals surface area contributed by atoms with Gasteiger partial charge in [-0.2, -0.15) is 5.11 Å². The molecule has 8 heteroatoms. The molecule has 0 aromatic rings. The number of hydrogen-bond acceptors (Lipinski definition) is 4. The molecule has 0 aliphatic heterocycles. The predicted molar refractivity (Wildman–Crippen MR) is 55.4 cm³/mol. The van der Waals surface area contributed by atoms with E-state index in [1.807, 2.05) is 0 Å². The first kappa shape index (κ1) is 14.2. The minimum absolute atomic E-state index is 0.192. The van der Waals surface area contributed by atoms with Crippen molar-refractivity contribution in [2.75, 3.05) is 0 Å². The second-order valence-electron chi connectivity index (χ2n) is 3.63. The van der Waals surface area contributed by atoms with Crippen molar-refractivity contribution in [1.29, 1.82) is 5.53 Å². The molecule has 0 aromatic heterocycles. The second kappa shape index (κ2) is 5.63. The smallest absolute Gasteiger partial charge is 0.281 e. The fraction of sp³-hybridized carbons (Fsp3) is 0.667. The van der Waals surface area contributed by atoms with E-state index in [1.54, 1.807) is 0 Å². The van der Waals surface area contributed by atoms with Crippen molar-refractivity contribution in [1.82, 2.24) is 0 Å². The molecule has 1 N–H and O–H groups in total. The van der Waals surface area contributed by atoms with Gasteiger partial charge in [-0.1, -0.05) is 12.2 Å². The zero-order valence-corrected chi connectivity index (χ0v) is 9.39. The minimum atomic E-state index is -4.89. The first-order valence-electron chi connectivity index (χ1n) is 4.79. The molecule has 0 fully saturated rings. The van der Waals surface area contributed by atoms with Gasteiger partial charge in [-0.15, -0.1) is 13.2 Å². The lowest BCUT2D eigenvalue weighted by atomic mass is 9.87. The summed E-state index contributed by atoms with van der Waals surface area (Å²) in [4.78, 5) is 0. The van der Waals surface area contributed by atoms with Gasteiger partial charge in [-0.05, 0) is 24.8 Å². The lowest BCUT2D eigenvalue weighted by molar-refractivity contribution is -0.341. The van der Waals surface area contributed by atoms with Crippen molar-refractivity contribution in [3.05, 3.63) is 11.9 Å². The Balaban J connectivity index is 2.73. The Morgan fingerprint density at radius 3 is 2.71 bits per heavy atom. The van der Waals surface area contributed by atoms with Crippen LogP contribution in [0.25, 0.3) is 0 Å². The van der Waals surface area contributed by atoms with E-state index in [2.05, 4.69) is 22.1 Å². The highest BCUT2D eigenvalue weighted by atomic mass is 32.1. The average molecular weight is 270 g/mol. The topological polar surface area (TPSA) is 45.4 Å². The molecule has 0 radical (unpaired) electrons. The molecule has 96 valence electrons. The van der Waals surface area contributed by atoms with Gasteiger partial charge >= 0.3 is 6.36 Å². The Morgan fingerprint density at radius 1 is 1.59 bits per heavy atom. The summed E-state index contributed by atoms with van der Waals surface area (Å²) >= 11 is 4.61. The summed E-state index contributed by atoms with van der Waals surface area (Å²) in [5.74, 6) is -1.37. The van der Waals surface area contributed by atoms with Crippen LogP contribution in [0.15, 0.2) is 17.0 Å². The molecule has 0 saturated heterocycles. The average Bonchev–Trinajstić information content (AvgIpc) is 2.22. The first-order valence-corrected chi connectivity index (χ1v) is 5.26. The highest BCUT2D eigenvalue weighted by Gasteiger charge is 2.39. The van der Waals surface area contributed by atoms with Crippen LogP contribution in [0.5, 0.6) is 0 Å². The number of thiocarbonyl (C=S) groups is 1. The van der Waals surface area contributed by atoms with Crippen LogP contribution < -0.4 is 0 Å². The molecule has 0 spiro atoms. The Hall–Kier alpha value is -0.890.